The van der Waals surface area contributed by atoms with Gasteiger partial charge in [-0.15, -0.1) is 11.3 Å². The minimum absolute atomic E-state index is 0.486. The standard InChI is InChI=1S/C10H7N5S/c11-8-6-2-4-16-10(6)15-9(14-8)7-1-3-12-5-13-7/h1-5H,(H2,11,14,15). The second-order valence-electron chi connectivity index (χ2n) is 3.17. The van der Waals surface area contributed by atoms with E-state index in [2.05, 4.69) is 19.9 Å². The van der Waals surface area contributed by atoms with Crippen LogP contribution in [0.1, 0.15) is 0 Å². The highest BCUT2D eigenvalue weighted by molar-refractivity contribution is 7.16. The van der Waals surface area contributed by atoms with Crippen molar-refractivity contribution in [2.24, 2.45) is 0 Å². The number of hydrogen-bond donors (Lipinski definition) is 1. The van der Waals surface area contributed by atoms with Gasteiger partial charge in [0.05, 0.1) is 5.39 Å². The van der Waals surface area contributed by atoms with Gasteiger partial charge in [0.2, 0.25) is 0 Å². The van der Waals surface area contributed by atoms with Crippen LogP contribution in [0.15, 0.2) is 30.0 Å². The van der Waals surface area contributed by atoms with Crippen LogP contribution in [0.3, 0.4) is 0 Å². The molecule has 3 aromatic rings. The summed E-state index contributed by atoms with van der Waals surface area (Å²) in [5.41, 5.74) is 6.53. The highest BCUT2D eigenvalue weighted by Crippen LogP contribution is 2.25. The van der Waals surface area contributed by atoms with E-state index in [1.807, 2.05) is 11.4 Å². The number of rotatable bonds is 1. The van der Waals surface area contributed by atoms with Crippen LogP contribution in [0.2, 0.25) is 0 Å². The first kappa shape index (κ1) is 9.17. The highest BCUT2D eigenvalue weighted by atomic mass is 32.1. The van der Waals surface area contributed by atoms with Crippen molar-refractivity contribution in [1.82, 2.24) is 19.9 Å². The number of thiophene rings is 1. The van der Waals surface area contributed by atoms with Crippen molar-refractivity contribution in [3.63, 3.8) is 0 Å². The largest absolute Gasteiger partial charge is 0.383 e. The monoisotopic (exact) mass is 229 g/mol. The van der Waals surface area contributed by atoms with Gasteiger partial charge in [0, 0.05) is 6.20 Å². The third-order valence-electron chi connectivity index (χ3n) is 2.17. The minimum atomic E-state index is 0.486. The van der Waals surface area contributed by atoms with Crippen LogP contribution in [-0.4, -0.2) is 19.9 Å². The lowest BCUT2D eigenvalue weighted by molar-refractivity contribution is 1.13. The zero-order chi connectivity index (χ0) is 11.0. The lowest BCUT2D eigenvalue weighted by Crippen LogP contribution is -1.97. The molecule has 0 aliphatic carbocycles. The summed E-state index contributed by atoms with van der Waals surface area (Å²) in [6, 6.07) is 3.67. The fraction of sp³-hybridized carbons (Fsp3) is 0. The molecule has 3 heterocycles. The van der Waals surface area contributed by atoms with Crippen LogP contribution in [0.25, 0.3) is 21.7 Å². The molecule has 0 spiro atoms. The van der Waals surface area contributed by atoms with Gasteiger partial charge in [-0.2, -0.15) is 0 Å². The van der Waals surface area contributed by atoms with E-state index in [4.69, 9.17) is 5.73 Å². The van der Waals surface area contributed by atoms with Crippen molar-refractivity contribution in [2.45, 2.75) is 0 Å². The minimum Gasteiger partial charge on any atom is -0.383 e. The van der Waals surface area contributed by atoms with Crippen molar-refractivity contribution in [3.05, 3.63) is 30.0 Å². The SMILES string of the molecule is Nc1nc(-c2ccncn2)nc2sccc12. The predicted molar refractivity (Wildman–Crippen MR) is 62.9 cm³/mol. The Bertz CT molecular complexity index is 634. The summed E-state index contributed by atoms with van der Waals surface area (Å²) < 4.78 is 0. The molecule has 0 aliphatic rings. The third-order valence-corrected chi connectivity index (χ3v) is 2.97. The summed E-state index contributed by atoms with van der Waals surface area (Å²) in [4.78, 5) is 17.5. The van der Waals surface area contributed by atoms with E-state index in [0.29, 0.717) is 17.3 Å². The van der Waals surface area contributed by atoms with Crippen LogP contribution >= 0.6 is 11.3 Å². The van der Waals surface area contributed by atoms with Crippen LogP contribution < -0.4 is 5.73 Å². The number of nitrogens with two attached hydrogens (primary N) is 1. The molecule has 0 aliphatic heterocycles. The molecule has 16 heavy (non-hydrogen) atoms. The first-order valence-corrected chi connectivity index (χ1v) is 5.49. The average Bonchev–Trinajstić information content (AvgIpc) is 2.79. The zero-order valence-electron chi connectivity index (χ0n) is 8.16. The first-order chi connectivity index (χ1) is 7.84. The van der Waals surface area contributed by atoms with Gasteiger partial charge >= 0.3 is 0 Å². The highest BCUT2D eigenvalue weighted by Gasteiger charge is 2.08. The number of nitrogen functional groups attached to an aromatic ring is 1. The Labute approximate surface area is 95.0 Å². The second kappa shape index (κ2) is 3.49. The molecule has 5 nitrogen and oxygen atoms in total. The fourth-order valence-corrected chi connectivity index (χ4v) is 2.19. The smallest absolute Gasteiger partial charge is 0.181 e. The molecule has 6 heteroatoms. The number of hydrogen-bond acceptors (Lipinski definition) is 6. The molecule has 0 fully saturated rings. The summed E-state index contributed by atoms with van der Waals surface area (Å²) in [5.74, 6) is 1.02. The van der Waals surface area contributed by atoms with Gasteiger partial charge in [-0.25, -0.2) is 19.9 Å². The molecular formula is C10H7N5S. The molecule has 0 atom stereocenters. The lowest BCUT2D eigenvalue weighted by atomic mass is 10.3. The molecule has 0 saturated heterocycles. The van der Waals surface area contributed by atoms with Crippen LogP contribution in [-0.2, 0) is 0 Å². The van der Waals surface area contributed by atoms with E-state index in [1.165, 1.54) is 17.7 Å². The molecule has 0 amide bonds. The van der Waals surface area contributed by atoms with E-state index in [0.717, 1.165) is 10.2 Å². The van der Waals surface area contributed by atoms with Gasteiger partial charge in [-0.3, -0.25) is 0 Å². The summed E-state index contributed by atoms with van der Waals surface area (Å²) in [6.45, 7) is 0. The number of aromatic nitrogens is 4. The molecular weight excluding hydrogens is 222 g/mol. The predicted octanol–water partition coefficient (Wildman–Crippen LogP) is 1.73. The quantitative estimate of drug-likeness (QED) is 0.687. The Morgan fingerprint density at radius 2 is 2.12 bits per heavy atom. The number of fused-ring (bicyclic) bond motifs is 1. The van der Waals surface area contributed by atoms with Gasteiger partial charge in [0.1, 0.15) is 22.7 Å². The van der Waals surface area contributed by atoms with E-state index >= 15 is 0 Å². The van der Waals surface area contributed by atoms with E-state index in [1.54, 1.807) is 12.3 Å². The Kier molecular flexibility index (Phi) is 2.00. The maximum Gasteiger partial charge on any atom is 0.181 e. The average molecular weight is 229 g/mol. The summed E-state index contributed by atoms with van der Waals surface area (Å²) >= 11 is 1.54. The molecule has 0 bridgehead atoms. The van der Waals surface area contributed by atoms with Gasteiger partial charge in [-0.05, 0) is 17.5 Å². The van der Waals surface area contributed by atoms with Gasteiger partial charge in [0.25, 0.3) is 0 Å². The van der Waals surface area contributed by atoms with E-state index in [-0.39, 0.29) is 0 Å². The molecule has 2 N–H and O–H groups in total. The molecule has 3 rings (SSSR count). The fourth-order valence-electron chi connectivity index (χ4n) is 1.42. The van der Waals surface area contributed by atoms with E-state index in [9.17, 15) is 0 Å². The maximum atomic E-state index is 5.85. The van der Waals surface area contributed by atoms with Crippen LogP contribution in [0, 0.1) is 0 Å². The number of anilines is 1. The normalized spacial score (nSPS) is 10.8. The topological polar surface area (TPSA) is 77.6 Å². The van der Waals surface area contributed by atoms with Gasteiger partial charge in [0.15, 0.2) is 5.82 Å². The summed E-state index contributed by atoms with van der Waals surface area (Å²) in [6.07, 6.45) is 3.12. The van der Waals surface area contributed by atoms with Crippen LogP contribution in [0.4, 0.5) is 5.82 Å². The number of nitrogens with zero attached hydrogens (tertiary/aromatic N) is 4. The Morgan fingerprint density at radius 3 is 2.94 bits per heavy atom. The molecule has 0 saturated carbocycles. The maximum absolute atomic E-state index is 5.85. The Hall–Kier alpha value is -2.08. The molecule has 0 radical (unpaired) electrons. The Morgan fingerprint density at radius 1 is 1.19 bits per heavy atom. The lowest BCUT2D eigenvalue weighted by Gasteiger charge is -2.00. The first-order valence-electron chi connectivity index (χ1n) is 4.62. The van der Waals surface area contributed by atoms with Crippen molar-refractivity contribution in [3.8, 4) is 11.5 Å². The second-order valence-corrected chi connectivity index (χ2v) is 4.06. The molecule has 3 aromatic heterocycles. The molecule has 0 unspecified atom stereocenters. The molecule has 78 valence electrons. The van der Waals surface area contributed by atoms with E-state index < -0.39 is 0 Å². The van der Waals surface area contributed by atoms with Gasteiger partial charge in [-0.1, -0.05) is 0 Å². The van der Waals surface area contributed by atoms with Crippen molar-refractivity contribution < 1.29 is 0 Å². The van der Waals surface area contributed by atoms with Crippen molar-refractivity contribution >= 4 is 27.4 Å². The zero-order valence-corrected chi connectivity index (χ0v) is 8.98. The summed E-state index contributed by atoms with van der Waals surface area (Å²) in [5, 5.41) is 2.84. The Balaban J connectivity index is 2.25. The van der Waals surface area contributed by atoms with Crippen molar-refractivity contribution in [2.75, 3.05) is 5.73 Å². The van der Waals surface area contributed by atoms with Crippen LogP contribution in [0.5, 0.6) is 0 Å². The van der Waals surface area contributed by atoms with Crippen molar-refractivity contribution in [1.29, 1.82) is 0 Å². The third kappa shape index (κ3) is 1.40. The summed E-state index contributed by atoms with van der Waals surface area (Å²) in [7, 11) is 0. The molecule has 0 aromatic carbocycles. The van der Waals surface area contributed by atoms with Gasteiger partial charge < -0.3 is 5.73 Å².